The van der Waals surface area contributed by atoms with Crippen molar-refractivity contribution in [1.29, 1.82) is 0 Å². The van der Waals surface area contributed by atoms with Gasteiger partial charge >= 0.3 is 0 Å². The summed E-state index contributed by atoms with van der Waals surface area (Å²) >= 11 is 3.92. The number of hydrogen-bond acceptors (Lipinski definition) is 5. The molecule has 0 aliphatic carbocycles. The average Bonchev–Trinajstić information content (AvgIpc) is 2.75. The standard InChI is InChI=1S/C12H20N2OS2/c1-13-7-11-9(8-15-2)14-12(17-11)10-5-3-4-6-16-10/h10,13H,3-8H2,1-2H3. The maximum atomic E-state index is 5.23. The highest BCUT2D eigenvalue weighted by atomic mass is 32.2. The Hall–Kier alpha value is -0.100. The fourth-order valence-electron chi connectivity index (χ4n) is 2.02. The van der Waals surface area contributed by atoms with E-state index >= 15 is 0 Å². The minimum atomic E-state index is 0.620. The van der Waals surface area contributed by atoms with Crippen LogP contribution in [0.15, 0.2) is 0 Å². The Morgan fingerprint density at radius 3 is 3.00 bits per heavy atom. The summed E-state index contributed by atoms with van der Waals surface area (Å²) in [6, 6.07) is 0. The van der Waals surface area contributed by atoms with Crippen molar-refractivity contribution in [2.75, 3.05) is 19.9 Å². The lowest BCUT2D eigenvalue weighted by molar-refractivity contribution is 0.181. The molecule has 1 aliphatic heterocycles. The van der Waals surface area contributed by atoms with Crippen LogP contribution in [0.1, 0.15) is 40.1 Å². The van der Waals surface area contributed by atoms with Gasteiger partial charge in [-0.1, -0.05) is 6.42 Å². The Kier molecular flexibility index (Phi) is 5.28. The maximum Gasteiger partial charge on any atom is 0.106 e. The first kappa shape index (κ1) is 13.3. The molecule has 17 heavy (non-hydrogen) atoms. The van der Waals surface area contributed by atoms with Crippen molar-refractivity contribution in [2.24, 2.45) is 0 Å². The van der Waals surface area contributed by atoms with Gasteiger partial charge in [-0.05, 0) is 25.6 Å². The van der Waals surface area contributed by atoms with Crippen LogP contribution in [-0.4, -0.2) is 24.9 Å². The molecule has 0 radical (unpaired) electrons. The Bertz CT molecular complexity index is 325. The molecule has 0 spiro atoms. The van der Waals surface area contributed by atoms with Crippen LogP contribution in [0.2, 0.25) is 0 Å². The van der Waals surface area contributed by atoms with Crippen LogP contribution >= 0.6 is 23.1 Å². The lowest BCUT2D eigenvalue weighted by Gasteiger charge is -2.18. The molecule has 5 heteroatoms. The van der Waals surface area contributed by atoms with E-state index in [4.69, 9.17) is 9.72 Å². The highest BCUT2D eigenvalue weighted by Crippen LogP contribution is 2.40. The van der Waals surface area contributed by atoms with Crippen molar-refractivity contribution in [2.45, 2.75) is 37.7 Å². The molecule has 0 aromatic carbocycles. The predicted molar refractivity (Wildman–Crippen MR) is 74.6 cm³/mol. The summed E-state index contributed by atoms with van der Waals surface area (Å²) in [5.74, 6) is 1.28. The average molecular weight is 272 g/mol. The Labute approximate surface area is 111 Å². The van der Waals surface area contributed by atoms with E-state index in [0.29, 0.717) is 11.9 Å². The zero-order valence-electron chi connectivity index (χ0n) is 10.5. The van der Waals surface area contributed by atoms with E-state index in [0.717, 1.165) is 12.2 Å². The second-order valence-corrected chi connectivity index (χ2v) is 6.67. The van der Waals surface area contributed by atoms with E-state index in [1.807, 2.05) is 18.4 Å². The fraction of sp³-hybridized carbons (Fsp3) is 0.750. The quantitative estimate of drug-likeness (QED) is 0.893. The molecule has 1 N–H and O–H groups in total. The molecule has 1 atom stereocenters. The normalized spacial score (nSPS) is 20.7. The monoisotopic (exact) mass is 272 g/mol. The molecule has 0 amide bonds. The molecule has 0 saturated carbocycles. The summed E-state index contributed by atoms with van der Waals surface area (Å²) in [7, 11) is 3.71. The molecule has 1 aromatic rings. The number of thiazole rings is 1. The lowest BCUT2D eigenvalue weighted by Crippen LogP contribution is -2.06. The van der Waals surface area contributed by atoms with Gasteiger partial charge in [0.2, 0.25) is 0 Å². The van der Waals surface area contributed by atoms with Gasteiger partial charge in [-0.3, -0.25) is 0 Å². The number of ether oxygens (including phenoxy) is 1. The summed E-state index contributed by atoms with van der Waals surface area (Å²) in [6.45, 7) is 1.53. The first-order valence-electron chi connectivity index (χ1n) is 6.08. The summed E-state index contributed by atoms with van der Waals surface area (Å²) < 4.78 is 5.23. The van der Waals surface area contributed by atoms with Gasteiger partial charge in [0.05, 0.1) is 17.6 Å². The van der Waals surface area contributed by atoms with Crippen LogP contribution in [-0.2, 0) is 17.9 Å². The van der Waals surface area contributed by atoms with Crippen LogP contribution in [0.5, 0.6) is 0 Å². The third-order valence-electron chi connectivity index (χ3n) is 2.87. The number of nitrogens with one attached hydrogen (secondary N) is 1. The van der Waals surface area contributed by atoms with Crippen molar-refractivity contribution in [3.05, 3.63) is 15.6 Å². The van der Waals surface area contributed by atoms with Gasteiger partial charge in [-0.15, -0.1) is 11.3 Å². The molecular formula is C12H20N2OS2. The molecule has 96 valence electrons. The molecule has 2 heterocycles. The minimum Gasteiger partial charge on any atom is -0.378 e. The van der Waals surface area contributed by atoms with E-state index in [1.54, 1.807) is 7.11 Å². The van der Waals surface area contributed by atoms with Crippen LogP contribution in [0.3, 0.4) is 0 Å². The zero-order valence-corrected chi connectivity index (χ0v) is 12.1. The number of rotatable bonds is 5. The van der Waals surface area contributed by atoms with Gasteiger partial charge in [0.1, 0.15) is 5.01 Å². The molecule has 2 rings (SSSR count). The minimum absolute atomic E-state index is 0.620. The first-order chi connectivity index (χ1) is 8.35. The van der Waals surface area contributed by atoms with E-state index in [1.165, 1.54) is 34.9 Å². The van der Waals surface area contributed by atoms with Crippen LogP contribution in [0.25, 0.3) is 0 Å². The second-order valence-electron chi connectivity index (χ2n) is 4.24. The third-order valence-corrected chi connectivity index (χ3v) is 5.61. The summed E-state index contributed by atoms with van der Waals surface area (Å²) in [4.78, 5) is 6.10. The van der Waals surface area contributed by atoms with Gasteiger partial charge < -0.3 is 10.1 Å². The largest absolute Gasteiger partial charge is 0.378 e. The van der Waals surface area contributed by atoms with Crippen molar-refractivity contribution in [3.63, 3.8) is 0 Å². The van der Waals surface area contributed by atoms with Crippen molar-refractivity contribution < 1.29 is 4.74 Å². The Balaban J connectivity index is 2.13. The second kappa shape index (κ2) is 6.73. The molecule has 1 aliphatic rings. The maximum absolute atomic E-state index is 5.23. The third kappa shape index (κ3) is 3.44. The van der Waals surface area contributed by atoms with Crippen LogP contribution in [0, 0.1) is 0 Å². The van der Waals surface area contributed by atoms with Gasteiger partial charge in [0.15, 0.2) is 0 Å². The van der Waals surface area contributed by atoms with Gasteiger partial charge in [0.25, 0.3) is 0 Å². The smallest absolute Gasteiger partial charge is 0.106 e. The molecule has 3 nitrogen and oxygen atoms in total. The highest BCUT2D eigenvalue weighted by Gasteiger charge is 2.21. The molecule has 1 fully saturated rings. The van der Waals surface area contributed by atoms with E-state index in [-0.39, 0.29) is 0 Å². The van der Waals surface area contributed by atoms with Crippen LogP contribution in [0.4, 0.5) is 0 Å². The molecule has 1 saturated heterocycles. The summed E-state index contributed by atoms with van der Waals surface area (Å²) in [5.41, 5.74) is 1.12. The highest BCUT2D eigenvalue weighted by molar-refractivity contribution is 7.99. The van der Waals surface area contributed by atoms with E-state index < -0.39 is 0 Å². The van der Waals surface area contributed by atoms with E-state index in [2.05, 4.69) is 17.1 Å². The molecule has 1 unspecified atom stereocenters. The van der Waals surface area contributed by atoms with Gasteiger partial charge in [-0.2, -0.15) is 11.8 Å². The van der Waals surface area contributed by atoms with Crippen LogP contribution < -0.4 is 5.32 Å². The van der Waals surface area contributed by atoms with Crippen molar-refractivity contribution in [1.82, 2.24) is 10.3 Å². The van der Waals surface area contributed by atoms with E-state index in [9.17, 15) is 0 Å². The summed E-state index contributed by atoms with van der Waals surface area (Å²) in [6.07, 6.45) is 3.99. The summed E-state index contributed by atoms with van der Waals surface area (Å²) in [5, 5.41) is 5.13. The fourth-order valence-corrected chi connectivity index (χ4v) is 4.65. The molecule has 0 bridgehead atoms. The molecular weight excluding hydrogens is 252 g/mol. The van der Waals surface area contributed by atoms with Gasteiger partial charge in [0, 0.05) is 18.5 Å². The number of methoxy groups -OCH3 is 1. The number of aromatic nitrogens is 1. The topological polar surface area (TPSA) is 34.2 Å². The van der Waals surface area contributed by atoms with Crippen molar-refractivity contribution in [3.8, 4) is 0 Å². The number of hydrogen-bond donors (Lipinski definition) is 1. The van der Waals surface area contributed by atoms with Crippen molar-refractivity contribution >= 4 is 23.1 Å². The first-order valence-corrected chi connectivity index (χ1v) is 7.95. The zero-order chi connectivity index (χ0) is 12.1. The number of nitrogens with zero attached hydrogens (tertiary/aromatic N) is 1. The number of thioether (sulfide) groups is 1. The SMILES string of the molecule is CNCc1sc(C2CCCCS2)nc1COC. The Morgan fingerprint density at radius 1 is 1.47 bits per heavy atom. The lowest BCUT2D eigenvalue weighted by atomic mass is 10.2. The predicted octanol–water partition coefficient (Wildman–Crippen LogP) is 2.97. The van der Waals surface area contributed by atoms with Gasteiger partial charge in [-0.25, -0.2) is 4.98 Å². The molecule has 1 aromatic heterocycles. The Morgan fingerprint density at radius 2 is 2.35 bits per heavy atom.